The molecule has 4 rings (SSSR count). The van der Waals surface area contributed by atoms with Crippen molar-refractivity contribution < 1.29 is 14.6 Å². The van der Waals surface area contributed by atoms with Gasteiger partial charge in [-0.15, -0.1) is 0 Å². The van der Waals surface area contributed by atoms with Crippen molar-refractivity contribution >= 4 is 16.9 Å². The van der Waals surface area contributed by atoms with Crippen molar-refractivity contribution in [1.82, 2.24) is 10.2 Å². The molecule has 1 fully saturated rings. The van der Waals surface area contributed by atoms with Gasteiger partial charge in [0.15, 0.2) is 0 Å². The first-order valence-corrected chi connectivity index (χ1v) is 9.38. The Morgan fingerprint density at radius 1 is 1.22 bits per heavy atom. The highest BCUT2D eigenvalue weighted by Crippen LogP contribution is 2.28. The third-order valence-corrected chi connectivity index (χ3v) is 5.30. The van der Waals surface area contributed by atoms with Crippen LogP contribution in [0.4, 0.5) is 4.79 Å². The highest BCUT2D eigenvalue weighted by Gasteiger charge is 2.29. The van der Waals surface area contributed by atoms with Crippen LogP contribution in [0.15, 0.2) is 66.4 Å². The number of nitrogens with one attached hydrogen (secondary N) is 1. The minimum absolute atomic E-state index is 0.0230. The third-order valence-electron chi connectivity index (χ3n) is 5.30. The Morgan fingerprint density at radius 3 is 2.93 bits per heavy atom. The number of rotatable bonds is 4. The largest absolute Gasteiger partial charge is 0.465 e. The van der Waals surface area contributed by atoms with E-state index in [9.17, 15) is 9.90 Å². The lowest BCUT2D eigenvalue weighted by molar-refractivity contribution is -0.000951. The minimum Gasteiger partial charge on any atom is -0.465 e. The number of piperidine rings is 1. The fraction of sp³-hybridized carbons (Fsp3) is 0.318. The van der Waals surface area contributed by atoms with Gasteiger partial charge in [0.25, 0.3) is 0 Å². The first-order chi connectivity index (χ1) is 13.2. The second-order valence-electron chi connectivity index (χ2n) is 7.10. The summed E-state index contributed by atoms with van der Waals surface area (Å²) in [5.74, 6) is 0.199. The molecule has 5 nitrogen and oxygen atoms in total. The molecule has 27 heavy (non-hydrogen) atoms. The maximum absolute atomic E-state index is 11.3. The number of hydrogen-bond donors (Lipinski definition) is 2. The molecule has 140 valence electrons. The zero-order valence-corrected chi connectivity index (χ0v) is 15.2. The van der Waals surface area contributed by atoms with Crippen molar-refractivity contribution in [2.45, 2.75) is 19.1 Å². The summed E-state index contributed by atoms with van der Waals surface area (Å²) in [5.41, 5.74) is 2.19. The summed E-state index contributed by atoms with van der Waals surface area (Å²) in [5, 5.41) is 15.1. The molecule has 0 bridgehead atoms. The number of amides is 1. The summed E-state index contributed by atoms with van der Waals surface area (Å²) >= 11 is 0. The fourth-order valence-corrected chi connectivity index (χ4v) is 3.85. The first kappa shape index (κ1) is 17.8. The van der Waals surface area contributed by atoms with Crippen LogP contribution >= 0.6 is 0 Å². The van der Waals surface area contributed by atoms with Crippen LogP contribution in [-0.4, -0.2) is 41.8 Å². The summed E-state index contributed by atoms with van der Waals surface area (Å²) in [6, 6.07) is 14.7. The van der Waals surface area contributed by atoms with E-state index in [0.29, 0.717) is 13.2 Å². The topological polar surface area (TPSA) is 61.8 Å². The molecule has 1 amide bonds. The van der Waals surface area contributed by atoms with Gasteiger partial charge in [-0.2, -0.15) is 0 Å². The normalized spacial score (nSPS) is 22.7. The SMILES string of the molecule is O=C(O)N1C=C(C2CCNCC2OCc2ccc3ccccc3c2)C=CC1. The van der Waals surface area contributed by atoms with Gasteiger partial charge >= 0.3 is 6.09 Å². The Kier molecular flexibility index (Phi) is 5.23. The monoisotopic (exact) mass is 364 g/mol. The van der Waals surface area contributed by atoms with Crippen LogP contribution in [0.2, 0.25) is 0 Å². The Balaban J connectivity index is 1.47. The van der Waals surface area contributed by atoms with Gasteiger partial charge in [0.05, 0.1) is 12.7 Å². The number of hydrogen-bond acceptors (Lipinski definition) is 3. The molecule has 5 heteroatoms. The molecular formula is C22H24N2O3. The van der Waals surface area contributed by atoms with Crippen molar-refractivity contribution in [2.24, 2.45) is 5.92 Å². The molecule has 0 radical (unpaired) electrons. The molecule has 1 saturated heterocycles. The van der Waals surface area contributed by atoms with E-state index in [2.05, 4.69) is 35.6 Å². The molecule has 2 aromatic rings. The van der Waals surface area contributed by atoms with Gasteiger partial charge < -0.3 is 15.2 Å². The molecule has 2 aromatic carbocycles. The van der Waals surface area contributed by atoms with E-state index in [1.165, 1.54) is 15.7 Å². The molecule has 0 spiro atoms. The molecular weight excluding hydrogens is 340 g/mol. The molecule has 2 heterocycles. The average molecular weight is 364 g/mol. The van der Waals surface area contributed by atoms with Crippen LogP contribution in [0.25, 0.3) is 10.8 Å². The van der Waals surface area contributed by atoms with Crippen LogP contribution in [0.3, 0.4) is 0 Å². The van der Waals surface area contributed by atoms with Crippen molar-refractivity contribution in [3.63, 3.8) is 0 Å². The van der Waals surface area contributed by atoms with Gasteiger partial charge in [-0.3, -0.25) is 4.90 Å². The molecule has 0 saturated carbocycles. The quantitative estimate of drug-likeness (QED) is 0.867. The van der Waals surface area contributed by atoms with Crippen LogP contribution in [0.1, 0.15) is 12.0 Å². The van der Waals surface area contributed by atoms with Gasteiger partial charge in [-0.05, 0) is 40.9 Å². The maximum atomic E-state index is 11.3. The van der Waals surface area contributed by atoms with E-state index in [1.807, 2.05) is 24.3 Å². The summed E-state index contributed by atoms with van der Waals surface area (Å²) in [4.78, 5) is 12.6. The Hall–Kier alpha value is -2.63. The van der Waals surface area contributed by atoms with E-state index in [4.69, 9.17) is 4.74 Å². The molecule has 0 aromatic heterocycles. The molecule has 2 aliphatic rings. The number of allylic oxidation sites excluding steroid dienone is 1. The Bertz CT molecular complexity index is 890. The van der Waals surface area contributed by atoms with Crippen LogP contribution in [0, 0.1) is 5.92 Å². The first-order valence-electron chi connectivity index (χ1n) is 9.38. The van der Waals surface area contributed by atoms with Crippen LogP contribution in [-0.2, 0) is 11.3 Å². The minimum atomic E-state index is -0.917. The van der Waals surface area contributed by atoms with E-state index in [-0.39, 0.29) is 12.0 Å². The van der Waals surface area contributed by atoms with E-state index in [0.717, 1.165) is 30.6 Å². The number of benzene rings is 2. The Labute approximate surface area is 158 Å². The van der Waals surface area contributed by atoms with Gasteiger partial charge in [-0.25, -0.2) is 4.79 Å². The molecule has 0 aliphatic carbocycles. The standard InChI is InChI=1S/C22H24N2O3/c25-22(26)24-11-3-6-19(14-24)20-9-10-23-13-21(20)27-15-16-7-8-17-4-1-2-5-18(17)12-16/h1-8,12,14,20-21,23H,9-11,13,15H2,(H,25,26). The second-order valence-corrected chi connectivity index (χ2v) is 7.10. The molecule has 2 unspecified atom stereocenters. The smallest absolute Gasteiger partial charge is 0.411 e. The maximum Gasteiger partial charge on any atom is 0.411 e. The van der Waals surface area contributed by atoms with Crippen molar-refractivity contribution in [3.05, 3.63) is 72.0 Å². The van der Waals surface area contributed by atoms with E-state index < -0.39 is 6.09 Å². The van der Waals surface area contributed by atoms with Gasteiger partial charge in [0.1, 0.15) is 0 Å². The van der Waals surface area contributed by atoms with Gasteiger partial charge in [0.2, 0.25) is 0 Å². The zero-order chi connectivity index (χ0) is 18.6. The van der Waals surface area contributed by atoms with E-state index >= 15 is 0 Å². The van der Waals surface area contributed by atoms with Crippen molar-refractivity contribution in [1.29, 1.82) is 0 Å². The molecule has 2 aliphatic heterocycles. The highest BCUT2D eigenvalue weighted by molar-refractivity contribution is 5.82. The van der Waals surface area contributed by atoms with Crippen LogP contribution in [0.5, 0.6) is 0 Å². The Morgan fingerprint density at radius 2 is 2.07 bits per heavy atom. The van der Waals surface area contributed by atoms with Crippen LogP contribution < -0.4 is 5.32 Å². The number of nitrogens with zero attached hydrogens (tertiary/aromatic N) is 1. The highest BCUT2D eigenvalue weighted by atomic mass is 16.5. The average Bonchev–Trinajstić information content (AvgIpc) is 2.72. The number of fused-ring (bicyclic) bond motifs is 1. The summed E-state index contributed by atoms with van der Waals surface area (Å²) in [7, 11) is 0. The molecule has 2 atom stereocenters. The third kappa shape index (κ3) is 4.04. The van der Waals surface area contributed by atoms with Gasteiger partial charge in [-0.1, -0.05) is 48.6 Å². The van der Waals surface area contributed by atoms with Crippen molar-refractivity contribution in [2.75, 3.05) is 19.6 Å². The second kappa shape index (κ2) is 7.94. The van der Waals surface area contributed by atoms with Crippen molar-refractivity contribution in [3.8, 4) is 0 Å². The summed E-state index contributed by atoms with van der Waals surface area (Å²) in [6.07, 6.45) is 5.75. The summed E-state index contributed by atoms with van der Waals surface area (Å²) < 4.78 is 6.28. The lowest BCUT2D eigenvalue weighted by Crippen LogP contribution is -2.43. The van der Waals surface area contributed by atoms with Gasteiger partial charge in [0, 0.05) is 25.2 Å². The summed E-state index contributed by atoms with van der Waals surface area (Å²) in [6.45, 7) is 2.65. The van der Waals surface area contributed by atoms with E-state index in [1.54, 1.807) is 6.20 Å². The molecule has 2 N–H and O–H groups in total. The number of ether oxygens (including phenoxy) is 1. The zero-order valence-electron chi connectivity index (χ0n) is 15.2. The lowest BCUT2D eigenvalue weighted by atomic mass is 9.86. The predicted molar refractivity (Wildman–Crippen MR) is 105 cm³/mol. The lowest BCUT2D eigenvalue weighted by Gasteiger charge is -2.34. The fourth-order valence-electron chi connectivity index (χ4n) is 3.85. The number of carbonyl (C=O) groups is 1. The predicted octanol–water partition coefficient (Wildman–Crippen LogP) is 3.77. The number of carboxylic acid groups (broad SMARTS) is 1.